The van der Waals surface area contributed by atoms with E-state index in [1.54, 1.807) is 4.68 Å². The fourth-order valence-electron chi connectivity index (χ4n) is 1.57. The van der Waals surface area contributed by atoms with E-state index >= 15 is 0 Å². The Balaban J connectivity index is 2.10. The Bertz CT molecular complexity index is 512. The van der Waals surface area contributed by atoms with Gasteiger partial charge in [-0.25, -0.2) is 4.68 Å². The van der Waals surface area contributed by atoms with Crippen molar-refractivity contribution in [3.63, 3.8) is 0 Å². The summed E-state index contributed by atoms with van der Waals surface area (Å²) in [5, 5.41) is 10.5. The summed E-state index contributed by atoms with van der Waals surface area (Å²) in [6.07, 6.45) is 1.47. The molecule has 6 heteroatoms. The largest absolute Gasteiger partial charge is 0.350 e. The number of rotatable bonds is 5. The second kappa shape index (κ2) is 6.20. The molecule has 1 aromatic heterocycles. The third kappa shape index (κ3) is 3.10. The van der Waals surface area contributed by atoms with E-state index in [2.05, 4.69) is 28.3 Å². The molecule has 0 unspecified atom stereocenters. The summed E-state index contributed by atoms with van der Waals surface area (Å²) < 4.78 is 1.59. The lowest BCUT2D eigenvalue weighted by molar-refractivity contribution is 0.0946. The zero-order valence-electron chi connectivity index (χ0n) is 9.78. The quantitative estimate of drug-likeness (QED) is 0.790. The van der Waals surface area contributed by atoms with Gasteiger partial charge in [0.2, 0.25) is 0 Å². The third-order valence-electron chi connectivity index (χ3n) is 2.42. The van der Waals surface area contributed by atoms with E-state index in [4.69, 9.17) is 0 Å². The number of aromatic nitrogens is 3. The van der Waals surface area contributed by atoms with Gasteiger partial charge in [-0.15, -0.1) is 5.10 Å². The summed E-state index contributed by atoms with van der Waals surface area (Å²) in [6.45, 7) is 1.06. The third-order valence-corrected chi connectivity index (χ3v) is 2.65. The predicted octanol–water partition coefficient (Wildman–Crippen LogP) is 0.986. The van der Waals surface area contributed by atoms with Crippen LogP contribution in [0.4, 0.5) is 0 Å². The summed E-state index contributed by atoms with van der Waals surface area (Å²) >= 11 is 4.05. The molecule has 2 aromatic rings. The van der Waals surface area contributed by atoms with Crippen LogP contribution in [0.1, 0.15) is 16.1 Å². The highest BCUT2D eigenvalue weighted by Gasteiger charge is 2.12. The molecule has 1 heterocycles. The Morgan fingerprint density at radius 2 is 2.11 bits per heavy atom. The molecule has 1 aromatic carbocycles. The first kappa shape index (κ1) is 12.6. The van der Waals surface area contributed by atoms with Gasteiger partial charge >= 0.3 is 0 Å². The molecule has 0 fully saturated rings. The van der Waals surface area contributed by atoms with Gasteiger partial charge in [-0.2, -0.15) is 12.6 Å². The summed E-state index contributed by atoms with van der Waals surface area (Å²) in [5.74, 6) is 0.427. The minimum absolute atomic E-state index is 0.176. The molecule has 0 atom stereocenters. The van der Waals surface area contributed by atoms with Crippen LogP contribution in [0.3, 0.4) is 0 Å². The SMILES string of the molecule is O=C(NCCS)c1cnnn1Cc1ccccc1. The van der Waals surface area contributed by atoms with E-state index in [1.165, 1.54) is 6.20 Å². The highest BCUT2D eigenvalue weighted by Crippen LogP contribution is 2.04. The lowest BCUT2D eigenvalue weighted by atomic mass is 10.2. The van der Waals surface area contributed by atoms with Crippen molar-refractivity contribution in [2.45, 2.75) is 6.54 Å². The first-order valence-electron chi connectivity index (χ1n) is 5.62. The van der Waals surface area contributed by atoms with Crippen molar-refractivity contribution in [2.75, 3.05) is 12.3 Å². The number of hydrogen-bond acceptors (Lipinski definition) is 4. The van der Waals surface area contributed by atoms with Crippen LogP contribution >= 0.6 is 12.6 Å². The standard InChI is InChI=1S/C12H14N4OS/c17-12(13-6-7-18)11-8-14-15-16(11)9-10-4-2-1-3-5-10/h1-5,8,18H,6-7,9H2,(H,13,17). The summed E-state index contributed by atoms with van der Waals surface area (Å²) in [5.41, 5.74) is 1.53. The highest BCUT2D eigenvalue weighted by molar-refractivity contribution is 7.80. The van der Waals surface area contributed by atoms with Crippen molar-refractivity contribution in [1.82, 2.24) is 20.3 Å². The van der Waals surface area contributed by atoms with Crippen molar-refractivity contribution in [3.8, 4) is 0 Å². The zero-order valence-corrected chi connectivity index (χ0v) is 10.7. The zero-order chi connectivity index (χ0) is 12.8. The number of carbonyl (C=O) groups is 1. The maximum atomic E-state index is 11.8. The molecular weight excluding hydrogens is 248 g/mol. The molecule has 1 N–H and O–H groups in total. The van der Waals surface area contributed by atoms with Crippen LogP contribution in [-0.4, -0.2) is 33.2 Å². The summed E-state index contributed by atoms with van der Waals surface area (Å²) in [4.78, 5) is 11.8. The molecule has 1 amide bonds. The average Bonchev–Trinajstić information content (AvgIpc) is 2.85. The topological polar surface area (TPSA) is 59.8 Å². The van der Waals surface area contributed by atoms with Gasteiger partial charge in [0.25, 0.3) is 5.91 Å². The normalized spacial score (nSPS) is 10.3. The molecule has 0 spiro atoms. The maximum Gasteiger partial charge on any atom is 0.271 e. The predicted molar refractivity (Wildman–Crippen MR) is 71.8 cm³/mol. The van der Waals surface area contributed by atoms with Crippen LogP contribution in [0.15, 0.2) is 36.5 Å². The van der Waals surface area contributed by atoms with Gasteiger partial charge in [0, 0.05) is 12.3 Å². The number of thiol groups is 1. The summed E-state index contributed by atoms with van der Waals surface area (Å²) in [7, 11) is 0. The molecule has 0 aliphatic rings. The van der Waals surface area contributed by atoms with Crippen molar-refractivity contribution < 1.29 is 4.79 Å². The average molecular weight is 262 g/mol. The van der Waals surface area contributed by atoms with Crippen LogP contribution < -0.4 is 5.32 Å². The van der Waals surface area contributed by atoms with Gasteiger partial charge in [0.15, 0.2) is 0 Å². The molecule has 0 radical (unpaired) electrons. The molecule has 5 nitrogen and oxygen atoms in total. The Labute approximate surface area is 111 Å². The van der Waals surface area contributed by atoms with E-state index in [0.717, 1.165) is 5.56 Å². The van der Waals surface area contributed by atoms with E-state index in [1.807, 2.05) is 30.3 Å². The molecule has 94 valence electrons. The molecule has 18 heavy (non-hydrogen) atoms. The minimum Gasteiger partial charge on any atom is -0.350 e. The lowest BCUT2D eigenvalue weighted by Gasteiger charge is -2.06. The molecular formula is C12H14N4OS. The van der Waals surface area contributed by atoms with Gasteiger partial charge in [0.1, 0.15) is 5.69 Å². The van der Waals surface area contributed by atoms with Crippen LogP contribution in [0.5, 0.6) is 0 Å². The number of nitrogens with one attached hydrogen (secondary N) is 1. The Morgan fingerprint density at radius 1 is 1.33 bits per heavy atom. The number of amides is 1. The number of nitrogens with zero attached hydrogens (tertiary/aromatic N) is 3. The molecule has 2 rings (SSSR count). The van der Waals surface area contributed by atoms with E-state index in [0.29, 0.717) is 24.5 Å². The first-order chi connectivity index (χ1) is 8.81. The fourth-order valence-corrected chi connectivity index (χ4v) is 1.68. The van der Waals surface area contributed by atoms with Crippen LogP contribution in [0, 0.1) is 0 Å². The Hall–Kier alpha value is -1.82. The van der Waals surface area contributed by atoms with Crippen molar-refractivity contribution in [2.24, 2.45) is 0 Å². The van der Waals surface area contributed by atoms with Crippen molar-refractivity contribution >= 4 is 18.5 Å². The second-order valence-corrected chi connectivity index (χ2v) is 4.19. The second-order valence-electron chi connectivity index (χ2n) is 3.74. The number of hydrogen-bond donors (Lipinski definition) is 2. The van der Waals surface area contributed by atoms with Crippen LogP contribution in [0.25, 0.3) is 0 Å². The minimum atomic E-state index is -0.176. The molecule has 0 saturated heterocycles. The molecule has 0 saturated carbocycles. The Morgan fingerprint density at radius 3 is 2.83 bits per heavy atom. The number of benzene rings is 1. The van der Waals surface area contributed by atoms with Crippen LogP contribution in [0.2, 0.25) is 0 Å². The number of carbonyl (C=O) groups excluding carboxylic acids is 1. The lowest BCUT2D eigenvalue weighted by Crippen LogP contribution is -2.28. The van der Waals surface area contributed by atoms with Gasteiger partial charge < -0.3 is 5.32 Å². The van der Waals surface area contributed by atoms with Crippen LogP contribution in [-0.2, 0) is 6.54 Å². The van der Waals surface area contributed by atoms with E-state index < -0.39 is 0 Å². The molecule has 0 aliphatic heterocycles. The first-order valence-corrected chi connectivity index (χ1v) is 6.26. The van der Waals surface area contributed by atoms with E-state index in [-0.39, 0.29) is 5.91 Å². The monoisotopic (exact) mass is 262 g/mol. The van der Waals surface area contributed by atoms with Crippen molar-refractivity contribution in [3.05, 3.63) is 47.8 Å². The van der Waals surface area contributed by atoms with Gasteiger partial charge in [-0.1, -0.05) is 35.5 Å². The molecule has 0 aliphatic carbocycles. The van der Waals surface area contributed by atoms with E-state index in [9.17, 15) is 4.79 Å². The van der Waals surface area contributed by atoms with Gasteiger partial charge in [0.05, 0.1) is 12.7 Å². The molecule has 0 bridgehead atoms. The van der Waals surface area contributed by atoms with Crippen molar-refractivity contribution in [1.29, 1.82) is 0 Å². The fraction of sp³-hybridized carbons (Fsp3) is 0.250. The van der Waals surface area contributed by atoms with Gasteiger partial charge in [-0.05, 0) is 5.56 Å². The highest BCUT2D eigenvalue weighted by atomic mass is 32.1. The maximum absolute atomic E-state index is 11.8. The van der Waals surface area contributed by atoms with Gasteiger partial charge in [-0.3, -0.25) is 4.79 Å². The summed E-state index contributed by atoms with van der Waals surface area (Å²) in [6, 6.07) is 9.82. The Kier molecular flexibility index (Phi) is 4.35. The smallest absolute Gasteiger partial charge is 0.271 e.